The quantitative estimate of drug-likeness (QED) is 0.661. The van der Waals surface area contributed by atoms with Crippen LogP contribution >= 0.6 is 0 Å². The van der Waals surface area contributed by atoms with Gasteiger partial charge in [0.05, 0.1) is 11.3 Å². The number of amides is 3. The van der Waals surface area contributed by atoms with Crippen LogP contribution in [0, 0.1) is 0 Å². The second kappa shape index (κ2) is 8.96. The SMILES string of the molecule is CCN1CCN(CCCNC(=O)CN2C(=O)c3ccccc3N3C(=O)CCC23C)CC1. The molecule has 0 saturated carbocycles. The largest absolute Gasteiger partial charge is 0.355 e. The highest BCUT2D eigenvalue weighted by atomic mass is 16.2. The monoisotopic (exact) mass is 427 g/mol. The first kappa shape index (κ1) is 21.8. The van der Waals surface area contributed by atoms with Crippen molar-refractivity contribution in [3.05, 3.63) is 29.8 Å². The maximum Gasteiger partial charge on any atom is 0.258 e. The molecule has 8 heteroatoms. The number of nitrogens with zero attached hydrogens (tertiary/aromatic N) is 4. The van der Waals surface area contributed by atoms with Crippen molar-refractivity contribution < 1.29 is 14.4 Å². The van der Waals surface area contributed by atoms with Crippen molar-refractivity contribution in [3.63, 3.8) is 0 Å². The van der Waals surface area contributed by atoms with Crippen LogP contribution < -0.4 is 10.2 Å². The molecule has 3 heterocycles. The third kappa shape index (κ3) is 4.19. The first-order valence-electron chi connectivity index (χ1n) is 11.4. The highest BCUT2D eigenvalue weighted by Gasteiger charge is 2.53. The molecule has 0 aliphatic carbocycles. The van der Waals surface area contributed by atoms with Gasteiger partial charge < -0.3 is 20.0 Å². The highest BCUT2D eigenvalue weighted by molar-refractivity contribution is 6.11. The van der Waals surface area contributed by atoms with Crippen LogP contribution in [0.3, 0.4) is 0 Å². The molecule has 31 heavy (non-hydrogen) atoms. The van der Waals surface area contributed by atoms with E-state index in [1.54, 1.807) is 21.9 Å². The summed E-state index contributed by atoms with van der Waals surface area (Å²) in [7, 11) is 0. The van der Waals surface area contributed by atoms with E-state index in [2.05, 4.69) is 22.0 Å². The number of hydrogen-bond acceptors (Lipinski definition) is 5. The minimum Gasteiger partial charge on any atom is -0.355 e. The van der Waals surface area contributed by atoms with Crippen LogP contribution in [0.15, 0.2) is 24.3 Å². The number of hydrogen-bond donors (Lipinski definition) is 1. The number of para-hydroxylation sites is 1. The third-order valence-electron chi connectivity index (χ3n) is 6.93. The van der Waals surface area contributed by atoms with Crippen LogP contribution in [0.25, 0.3) is 0 Å². The number of fused-ring (bicyclic) bond motifs is 3. The van der Waals surface area contributed by atoms with E-state index in [-0.39, 0.29) is 24.3 Å². The average Bonchev–Trinajstić information content (AvgIpc) is 3.10. The summed E-state index contributed by atoms with van der Waals surface area (Å²) in [4.78, 5) is 46.6. The Hall–Kier alpha value is -2.45. The van der Waals surface area contributed by atoms with E-state index in [1.165, 1.54) is 0 Å². The molecule has 0 spiro atoms. The Kier molecular flexibility index (Phi) is 6.29. The van der Waals surface area contributed by atoms with Gasteiger partial charge in [-0.25, -0.2) is 0 Å². The van der Waals surface area contributed by atoms with Gasteiger partial charge in [-0.2, -0.15) is 0 Å². The van der Waals surface area contributed by atoms with Crippen LogP contribution in [0.5, 0.6) is 0 Å². The lowest BCUT2D eigenvalue weighted by molar-refractivity contribution is -0.124. The summed E-state index contributed by atoms with van der Waals surface area (Å²) in [6.45, 7) is 11.1. The van der Waals surface area contributed by atoms with E-state index in [9.17, 15) is 14.4 Å². The number of carbonyl (C=O) groups is 3. The van der Waals surface area contributed by atoms with Crippen LogP contribution in [-0.4, -0.2) is 90.4 Å². The van der Waals surface area contributed by atoms with Gasteiger partial charge in [0.1, 0.15) is 12.2 Å². The lowest BCUT2D eigenvalue weighted by Gasteiger charge is -2.48. The molecule has 8 nitrogen and oxygen atoms in total. The van der Waals surface area contributed by atoms with Crippen LogP contribution in [-0.2, 0) is 9.59 Å². The van der Waals surface area contributed by atoms with Gasteiger partial charge in [-0.1, -0.05) is 19.1 Å². The maximum atomic E-state index is 13.2. The van der Waals surface area contributed by atoms with Crippen molar-refractivity contribution in [3.8, 4) is 0 Å². The number of carbonyl (C=O) groups excluding carboxylic acids is 3. The van der Waals surface area contributed by atoms with E-state index in [1.807, 2.05) is 19.1 Å². The summed E-state index contributed by atoms with van der Waals surface area (Å²) in [6, 6.07) is 7.17. The van der Waals surface area contributed by atoms with Crippen molar-refractivity contribution in [2.24, 2.45) is 0 Å². The second-order valence-corrected chi connectivity index (χ2v) is 8.83. The molecule has 2 saturated heterocycles. The molecule has 1 aromatic carbocycles. The minimum absolute atomic E-state index is 0.00368. The topological polar surface area (TPSA) is 76.2 Å². The summed E-state index contributed by atoms with van der Waals surface area (Å²) < 4.78 is 0. The molecular formula is C23H33N5O3. The van der Waals surface area contributed by atoms with Crippen LogP contribution in [0.1, 0.15) is 43.5 Å². The number of benzene rings is 1. The Bertz CT molecular complexity index is 851. The molecule has 1 aromatic rings. The molecule has 4 rings (SSSR count). The van der Waals surface area contributed by atoms with Crippen molar-refractivity contribution >= 4 is 23.4 Å². The number of piperazine rings is 1. The number of likely N-dealkylation sites (N-methyl/N-ethyl adjacent to an activating group) is 1. The Balaban J connectivity index is 1.33. The molecule has 3 aliphatic rings. The first-order chi connectivity index (χ1) is 14.9. The standard InChI is InChI=1S/C23H33N5O3/c1-3-25-13-15-26(16-14-25)12-6-11-24-20(29)17-27-22(31)18-7-4-5-8-19(18)28-21(30)9-10-23(27,28)2/h4-5,7-8H,3,6,9-17H2,1-2H3,(H,24,29). The molecule has 168 valence electrons. The fourth-order valence-corrected chi connectivity index (χ4v) is 5.00. The third-order valence-corrected chi connectivity index (χ3v) is 6.93. The Morgan fingerprint density at radius 3 is 2.55 bits per heavy atom. The van der Waals surface area contributed by atoms with E-state index in [0.29, 0.717) is 30.6 Å². The van der Waals surface area contributed by atoms with E-state index >= 15 is 0 Å². The molecule has 0 bridgehead atoms. The van der Waals surface area contributed by atoms with Gasteiger partial charge in [-0.15, -0.1) is 0 Å². The molecule has 1 unspecified atom stereocenters. The first-order valence-corrected chi connectivity index (χ1v) is 11.4. The number of rotatable bonds is 7. The molecule has 0 radical (unpaired) electrons. The van der Waals surface area contributed by atoms with Crippen LogP contribution in [0.4, 0.5) is 5.69 Å². The van der Waals surface area contributed by atoms with Crippen molar-refractivity contribution in [1.82, 2.24) is 20.0 Å². The maximum absolute atomic E-state index is 13.2. The number of anilines is 1. The second-order valence-electron chi connectivity index (χ2n) is 8.83. The normalized spacial score (nSPS) is 24.3. The van der Waals surface area contributed by atoms with Gasteiger partial charge in [-0.05, 0) is 45.0 Å². The van der Waals surface area contributed by atoms with Crippen LogP contribution in [0.2, 0.25) is 0 Å². The van der Waals surface area contributed by atoms with E-state index in [0.717, 1.165) is 45.7 Å². The molecule has 2 fully saturated rings. The minimum atomic E-state index is -0.793. The van der Waals surface area contributed by atoms with E-state index < -0.39 is 5.66 Å². The lowest BCUT2D eigenvalue weighted by atomic mass is 9.98. The van der Waals surface area contributed by atoms with Gasteiger partial charge in [-0.3, -0.25) is 19.3 Å². The van der Waals surface area contributed by atoms with Gasteiger partial charge in [0.15, 0.2) is 0 Å². The Morgan fingerprint density at radius 1 is 1.10 bits per heavy atom. The Labute approximate surface area is 184 Å². The molecule has 3 amide bonds. The predicted molar refractivity (Wildman–Crippen MR) is 119 cm³/mol. The molecular weight excluding hydrogens is 394 g/mol. The zero-order valence-electron chi connectivity index (χ0n) is 18.6. The molecule has 0 aromatic heterocycles. The fourth-order valence-electron chi connectivity index (χ4n) is 5.00. The highest BCUT2D eigenvalue weighted by Crippen LogP contribution is 2.43. The summed E-state index contributed by atoms with van der Waals surface area (Å²) in [5, 5.41) is 2.97. The van der Waals surface area contributed by atoms with Crippen molar-refractivity contribution in [1.29, 1.82) is 0 Å². The molecule has 1 atom stereocenters. The summed E-state index contributed by atoms with van der Waals surface area (Å²) in [5.41, 5.74) is 0.338. The summed E-state index contributed by atoms with van der Waals surface area (Å²) in [5.74, 6) is -0.368. The molecule has 1 N–H and O–H groups in total. The number of nitrogens with one attached hydrogen (secondary N) is 1. The Morgan fingerprint density at radius 2 is 1.81 bits per heavy atom. The van der Waals surface area contributed by atoms with Crippen molar-refractivity contribution in [2.45, 2.75) is 38.8 Å². The molecule has 3 aliphatic heterocycles. The predicted octanol–water partition coefficient (Wildman–Crippen LogP) is 1.13. The van der Waals surface area contributed by atoms with Gasteiger partial charge in [0, 0.05) is 39.1 Å². The smallest absolute Gasteiger partial charge is 0.258 e. The van der Waals surface area contributed by atoms with Gasteiger partial charge in [0.2, 0.25) is 11.8 Å². The van der Waals surface area contributed by atoms with Gasteiger partial charge >= 0.3 is 0 Å². The van der Waals surface area contributed by atoms with E-state index in [4.69, 9.17) is 0 Å². The summed E-state index contributed by atoms with van der Waals surface area (Å²) >= 11 is 0. The summed E-state index contributed by atoms with van der Waals surface area (Å²) in [6.07, 6.45) is 1.79. The zero-order chi connectivity index (χ0) is 22.0. The lowest BCUT2D eigenvalue weighted by Crippen LogP contribution is -2.63. The van der Waals surface area contributed by atoms with Gasteiger partial charge in [0.25, 0.3) is 5.91 Å². The zero-order valence-corrected chi connectivity index (χ0v) is 18.6. The van der Waals surface area contributed by atoms with Crippen molar-refractivity contribution in [2.75, 3.05) is 57.3 Å². The average molecular weight is 428 g/mol. The fraction of sp³-hybridized carbons (Fsp3) is 0.609.